The Hall–Kier alpha value is -3.10. The first-order valence-corrected chi connectivity index (χ1v) is 9.57. The van der Waals surface area contributed by atoms with Gasteiger partial charge in [0.2, 0.25) is 5.96 Å². The molecular formula is C20H29N3O6. The average molecular weight is 407 g/mol. The molecule has 0 aliphatic carbocycles. The molecule has 29 heavy (non-hydrogen) atoms. The topological polar surface area (TPSA) is 120 Å². The Kier molecular flexibility index (Phi) is 10.2. The van der Waals surface area contributed by atoms with Crippen LogP contribution >= 0.6 is 0 Å². The van der Waals surface area contributed by atoms with Crippen LogP contribution < -0.4 is 0 Å². The van der Waals surface area contributed by atoms with Gasteiger partial charge in [0.1, 0.15) is 6.04 Å². The fraction of sp³-hybridized carbons (Fsp3) is 0.500. The fourth-order valence-electron chi connectivity index (χ4n) is 2.47. The highest BCUT2D eigenvalue weighted by Gasteiger charge is 2.32. The molecule has 1 amide bonds. The molecular weight excluding hydrogens is 378 g/mol. The molecule has 0 bridgehead atoms. The number of hydrogen-bond acceptors (Lipinski definition) is 6. The van der Waals surface area contributed by atoms with Crippen LogP contribution in [0.4, 0.5) is 4.79 Å². The molecule has 0 radical (unpaired) electrons. The van der Waals surface area contributed by atoms with Crippen LogP contribution in [0.1, 0.15) is 45.1 Å². The van der Waals surface area contributed by atoms with E-state index in [1.807, 2.05) is 37.3 Å². The maximum Gasteiger partial charge on any atom is 0.451 e. The lowest BCUT2D eigenvalue weighted by Crippen LogP contribution is -2.51. The minimum absolute atomic E-state index is 0.0180. The number of amides is 1. The molecule has 0 saturated carbocycles. The van der Waals surface area contributed by atoms with Crippen molar-refractivity contribution in [3.8, 4) is 0 Å². The van der Waals surface area contributed by atoms with Crippen LogP contribution in [0.5, 0.6) is 0 Å². The third-order valence-electron chi connectivity index (χ3n) is 4.21. The smallest absolute Gasteiger partial charge is 0.451 e. The molecule has 9 nitrogen and oxygen atoms in total. The first-order chi connectivity index (χ1) is 13.8. The van der Waals surface area contributed by atoms with E-state index in [4.69, 9.17) is 15.0 Å². The summed E-state index contributed by atoms with van der Waals surface area (Å²) in [6.07, 6.45) is 0.929. The monoisotopic (exact) mass is 407 g/mol. The van der Waals surface area contributed by atoms with Gasteiger partial charge in [0.25, 0.3) is 0 Å². The third-order valence-corrected chi connectivity index (χ3v) is 4.21. The number of likely N-dealkylation sites (N-methyl/N-ethyl adjacent to an activating group) is 1. The molecule has 1 aromatic carbocycles. The van der Waals surface area contributed by atoms with Gasteiger partial charge < -0.3 is 19.6 Å². The first-order valence-electron chi connectivity index (χ1n) is 9.57. The van der Waals surface area contributed by atoms with E-state index in [0.29, 0.717) is 17.9 Å². The molecule has 1 rings (SSSR count). The average Bonchev–Trinajstić information content (AvgIpc) is 2.71. The Morgan fingerprint density at radius 2 is 1.83 bits per heavy atom. The molecule has 0 fully saturated rings. The van der Waals surface area contributed by atoms with E-state index in [0.717, 1.165) is 16.9 Å². The van der Waals surface area contributed by atoms with Gasteiger partial charge in [-0.15, -0.1) is 0 Å². The van der Waals surface area contributed by atoms with E-state index < -0.39 is 30.0 Å². The highest BCUT2D eigenvalue weighted by molar-refractivity contribution is 5.94. The van der Waals surface area contributed by atoms with Gasteiger partial charge in [0.15, 0.2) is 0 Å². The molecule has 0 spiro atoms. The lowest BCUT2D eigenvalue weighted by molar-refractivity contribution is -0.169. The molecule has 0 saturated heterocycles. The van der Waals surface area contributed by atoms with Crippen LogP contribution in [0, 0.1) is 5.41 Å². The maximum atomic E-state index is 12.4. The van der Waals surface area contributed by atoms with Crippen LogP contribution in [-0.4, -0.2) is 58.8 Å². The second kappa shape index (κ2) is 12.4. The Balaban J connectivity index is 2.86. The number of carboxylic acids is 1. The van der Waals surface area contributed by atoms with Crippen molar-refractivity contribution in [2.45, 2.75) is 52.0 Å². The molecule has 0 aromatic heterocycles. The Morgan fingerprint density at radius 1 is 1.17 bits per heavy atom. The molecule has 0 heterocycles. The number of aryl methyl sites for hydroxylation is 1. The third kappa shape index (κ3) is 7.81. The van der Waals surface area contributed by atoms with Gasteiger partial charge in [-0.05, 0) is 24.8 Å². The Morgan fingerprint density at radius 3 is 2.38 bits per heavy atom. The molecule has 2 N–H and O–H groups in total. The zero-order chi connectivity index (χ0) is 21.8. The highest BCUT2D eigenvalue weighted by Crippen LogP contribution is 2.10. The summed E-state index contributed by atoms with van der Waals surface area (Å²) >= 11 is 0. The number of hydroxylamine groups is 2. The van der Waals surface area contributed by atoms with Gasteiger partial charge in [-0.2, -0.15) is 0 Å². The highest BCUT2D eigenvalue weighted by atomic mass is 16.8. The van der Waals surface area contributed by atoms with Crippen LogP contribution in [-0.2, 0) is 25.6 Å². The lowest BCUT2D eigenvalue weighted by Gasteiger charge is -2.30. The standard InChI is InChI=1S/C20H29N3O6/c1-4-6-14-28-20(27)23(19(21)22(3)16(5-2)18(25)26)29-17(24)13-12-15-10-8-7-9-11-15/h7-11,16,21H,4-6,12-14H2,1-3H3,(H,25,26). The number of aliphatic carboxylic acids is 1. The largest absolute Gasteiger partial charge is 0.480 e. The number of rotatable bonds is 9. The summed E-state index contributed by atoms with van der Waals surface area (Å²) in [5, 5.41) is 17.9. The quantitative estimate of drug-likeness (QED) is 0.279. The van der Waals surface area contributed by atoms with Gasteiger partial charge in [0.05, 0.1) is 13.0 Å². The van der Waals surface area contributed by atoms with Crippen molar-refractivity contribution in [3.05, 3.63) is 35.9 Å². The van der Waals surface area contributed by atoms with Gasteiger partial charge in [-0.25, -0.2) is 14.4 Å². The van der Waals surface area contributed by atoms with E-state index in [-0.39, 0.29) is 19.4 Å². The number of carbonyl (C=O) groups is 3. The van der Waals surface area contributed by atoms with Crippen molar-refractivity contribution in [2.24, 2.45) is 0 Å². The van der Waals surface area contributed by atoms with Crippen molar-refractivity contribution in [1.29, 1.82) is 5.41 Å². The van der Waals surface area contributed by atoms with Gasteiger partial charge >= 0.3 is 18.0 Å². The van der Waals surface area contributed by atoms with E-state index in [1.165, 1.54) is 7.05 Å². The van der Waals surface area contributed by atoms with E-state index in [9.17, 15) is 19.5 Å². The van der Waals surface area contributed by atoms with Crippen LogP contribution in [0.25, 0.3) is 0 Å². The summed E-state index contributed by atoms with van der Waals surface area (Å²) in [4.78, 5) is 42.1. The SMILES string of the molecule is CCCCOC(=O)N(OC(=O)CCc1ccccc1)C(=N)N(C)C(CC)C(=O)O. The van der Waals surface area contributed by atoms with Crippen molar-refractivity contribution in [3.63, 3.8) is 0 Å². The number of nitrogens with zero attached hydrogens (tertiary/aromatic N) is 2. The number of hydrogen-bond donors (Lipinski definition) is 2. The maximum absolute atomic E-state index is 12.4. The Bertz CT molecular complexity index is 695. The lowest BCUT2D eigenvalue weighted by atomic mass is 10.1. The molecule has 1 unspecified atom stereocenters. The molecule has 0 aliphatic heterocycles. The predicted octanol–water partition coefficient (Wildman–Crippen LogP) is 3.05. The zero-order valence-electron chi connectivity index (χ0n) is 17.1. The van der Waals surface area contributed by atoms with E-state index in [1.54, 1.807) is 6.92 Å². The van der Waals surface area contributed by atoms with Gasteiger partial charge in [-0.3, -0.25) is 5.41 Å². The van der Waals surface area contributed by atoms with Crippen molar-refractivity contribution < 1.29 is 29.1 Å². The van der Waals surface area contributed by atoms with E-state index in [2.05, 4.69) is 0 Å². The molecule has 160 valence electrons. The summed E-state index contributed by atoms with van der Waals surface area (Å²) in [7, 11) is 1.34. The summed E-state index contributed by atoms with van der Waals surface area (Å²) in [5.41, 5.74) is 0.922. The number of unbranched alkanes of at least 4 members (excludes halogenated alkanes) is 1. The Labute approximate surface area is 170 Å². The summed E-state index contributed by atoms with van der Waals surface area (Å²) < 4.78 is 5.05. The molecule has 1 aromatic rings. The predicted molar refractivity (Wildman–Crippen MR) is 106 cm³/mol. The second-order valence-corrected chi connectivity index (χ2v) is 6.41. The van der Waals surface area contributed by atoms with Crippen LogP contribution in [0.3, 0.4) is 0 Å². The number of benzene rings is 1. The van der Waals surface area contributed by atoms with Crippen LogP contribution in [0.15, 0.2) is 30.3 Å². The number of guanidine groups is 1. The number of carbonyl (C=O) groups excluding carboxylic acids is 2. The van der Waals surface area contributed by atoms with Crippen molar-refractivity contribution in [1.82, 2.24) is 9.96 Å². The number of ether oxygens (including phenoxy) is 1. The normalized spacial score (nSPS) is 11.3. The summed E-state index contributed by atoms with van der Waals surface area (Å²) in [6, 6.07) is 8.21. The molecule has 9 heteroatoms. The summed E-state index contributed by atoms with van der Waals surface area (Å²) in [5.74, 6) is -2.48. The van der Waals surface area contributed by atoms with Crippen molar-refractivity contribution in [2.75, 3.05) is 13.7 Å². The molecule has 1 atom stereocenters. The fourth-order valence-corrected chi connectivity index (χ4v) is 2.47. The van der Waals surface area contributed by atoms with Gasteiger partial charge in [0, 0.05) is 7.05 Å². The zero-order valence-corrected chi connectivity index (χ0v) is 17.1. The second-order valence-electron chi connectivity index (χ2n) is 6.41. The van der Waals surface area contributed by atoms with Crippen molar-refractivity contribution >= 4 is 24.0 Å². The van der Waals surface area contributed by atoms with E-state index >= 15 is 0 Å². The number of nitrogens with one attached hydrogen (secondary N) is 1. The minimum Gasteiger partial charge on any atom is -0.480 e. The summed E-state index contributed by atoms with van der Waals surface area (Å²) in [6.45, 7) is 3.66. The number of carboxylic acid groups (broad SMARTS) is 1. The van der Waals surface area contributed by atoms with Crippen LogP contribution in [0.2, 0.25) is 0 Å². The first kappa shape index (κ1) is 23.9. The minimum atomic E-state index is -1.16. The van der Waals surface area contributed by atoms with Gasteiger partial charge in [-0.1, -0.05) is 55.7 Å². The molecule has 0 aliphatic rings.